The van der Waals surface area contributed by atoms with Gasteiger partial charge in [-0.05, 0) is 38.0 Å². The van der Waals surface area contributed by atoms with E-state index in [1.807, 2.05) is 18.7 Å². The molecule has 3 N–H and O–H groups in total. The van der Waals surface area contributed by atoms with Crippen LogP contribution in [0.3, 0.4) is 0 Å². The summed E-state index contributed by atoms with van der Waals surface area (Å²) in [6.07, 6.45) is 3.61. The molecule has 0 saturated heterocycles. The van der Waals surface area contributed by atoms with E-state index in [1.54, 1.807) is 18.3 Å². The smallest absolute Gasteiger partial charge is 0.271 e. The van der Waals surface area contributed by atoms with Crippen LogP contribution in [-0.4, -0.2) is 43.9 Å². The van der Waals surface area contributed by atoms with Gasteiger partial charge in [0.15, 0.2) is 0 Å². The van der Waals surface area contributed by atoms with Gasteiger partial charge in [-0.15, -0.1) is 0 Å². The molecule has 140 valence electrons. The fourth-order valence-corrected chi connectivity index (χ4v) is 2.92. The van der Waals surface area contributed by atoms with Crippen molar-refractivity contribution in [2.24, 2.45) is 5.14 Å². The maximum Gasteiger partial charge on any atom is 0.271 e. The number of aromatic nitrogens is 2. The van der Waals surface area contributed by atoms with Crippen molar-refractivity contribution in [3.8, 4) is 0 Å². The molecule has 0 aliphatic rings. The van der Waals surface area contributed by atoms with Crippen molar-refractivity contribution >= 4 is 21.7 Å². The molecule has 8 nitrogen and oxygen atoms in total. The van der Waals surface area contributed by atoms with Crippen LogP contribution in [0.1, 0.15) is 29.9 Å². The first kappa shape index (κ1) is 19.8. The molecule has 2 rings (SSSR count). The van der Waals surface area contributed by atoms with Crippen LogP contribution in [0, 0.1) is 0 Å². The van der Waals surface area contributed by atoms with Crippen molar-refractivity contribution in [1.29, 1.82) is 0 Å². The first-order valence-corrected chi connectivity index (χ1v) is 9.86. The molecule has 0 radical (unpaired) electrons. The summed E-state index contributed by atoms with van der Waals surface area (Å²) in [6, 6.07) is 6.24. The zero-order valence-electron chi connectivity index (χ0n) is 14.8. The lowest BCUT2D eigenvalue weighted by Gasteiger charge is -2.18. The summed E-state index contributed by atoms with van der Waals surface area (Å²) < 4.78 is 22.4. The summed E-state index contributed by atoms with van der Waals surface area (Å²) in [4.78, 5) is 22.7. The third-order valence-corrected chi connectivity index (χ3v) is 4.84. The monoisotopic (exact) mass is 377 g/mol. The fraction of sp³-hybridized carbons (Fsp3) is 0.353. The van der Waals surface area contributed by atoms with E-state index in [1.165, 1.54) is 18.3 Å². The molecule has 0 saturated carbocycles. The second-order valence-electron chi connectivity index (χ2n) is 5.63. The minimum atomic E-state index is -3.69. The van der Waals surface area contributed by atoms with Gasteiger partial charge >= 0.3 is 0 Å². The van der Waals surface area contributed by atoms with Crippen molar-refractivity contribution in [3.05, 3.63) is 47.9 Å². The van der Waals surface area contributed by atoms with Crippen LogP contribution >= 0.6 is 0 Å². The molecule has 26 heavy (non-hydrogen) atoms. The van der Waals surface area contributed by atoms with E-state index in [-0.39, 0.29) is 16.5 Å². The molecule has 1 heterocycles. The number of primary sulfonamides is 1. The zero-order valence-corrected chi connectivity index (χ0v) is 15.7. The normalized spacial score (nSPS) is 11.2. The summed E-state index contributed by atoms with van der Waals surface area (Å²) in [7, 11) is -3.69. The highest BCUT2D eigenvalue weighted by Gasteiger charge is 2.10. The maximum absolute atomic E-state index is 12.1. The van der Waals surface area contributed by atoms with E-state index in [0.29, 0.717) is 13.0 Å². The van der Waals surface area contributed by atoms with Gasteiger partial charge in [0.2, 0.25) is 10.0 Å². The highest BCUT2D eigenvalue weighted by molar-refractivity contribution is 7.89. The van der Waals surface area contributed by atoms with Gasteiger partial charge in [0.1, 0.15) is 11.5 Å². The first-order valence-electron chi connectivity index (χ1n) is 8.32. The van der Waals surface area contributed by atoms with Crippen LogP contribution in [0.4, 0.5) is 5.82 Å². The molecular formula is C17H23N5O3S. The molecule has 2 aromatic rings. The topological polar surface area (TPSA) is 118 Å². The summed E-state index contributed by atoms with van der Waals surface area (Å²) >= 11 is 0. The highest BCUT2D eigenvalue weighted by Crippen LogP contribution is 2.10. The van der Waals surface area contributed by atoms with E-state index in [2.05, 4.69) is 15.3 Å². The number of rotatable bonds is 8. The van der Waals surface area contributed by atoms with Crippen LogP contribution < -0.4 is 15.4 Å². The summed E-state index contributed by atoms with van der Waals surface area (Å²) in [6.45, 7) is 6.09. The molecule has 1 aromatic heterocycles. The molecule has 1 aromatic carbocycles. The number of benzene rings is 1. The number of carbonyl (C=O) groups excluding carboxylic acids is 1. The average molecular weight is 377 g/mol. The Balaban J connectivity index is 1.88. The molecule has 9 heteroatoms. The van der Waals surface area contributed by atoms with E-state index < -0.39 is 10.0 Å². The van der Waals surface area contributed by atoms with Gasteiger partial charge in [0, 0.05) is 19.6 Å². The molecule has 0 spiro atoms. The Labute approximate surface area is 153 Å². The standard InChI is InChI=1S/C17H23N5O3S/c1-3-22(4-2)16-12-20-15(11-21-16)17(23)19-10-9-13-5-7-14(8-6-13)26(18,24)25/h5-8,11-12H,3-4,9-10H2,1-2H3,(H,19,23)(H2,18,24,25). The van der Waals surface area contributed by atoms with Crippen molar-refractivity contribution in [1.82, 2.24) is 15.3 Å². The van der Waals surface area contributed by atoms with Crippen LogP contribution in [0.25, 0.3) is 0 Å². The number of carbonyl (C=O) groups is 1. The summed E-state index contributed by atoms with van der Waals surface area (Å²) in [5.41, 5.74) is 1.14. The van der Waals surface area contributed by atoms with Gasteiger partial charge in [-0.3, -0.25) is 4.79 Å². The van der Waals surface area contributed by atoms with Crippen molar-refractivity contribution in [2.75, 3.05) is 24.5 Å². The predicted octanol–water partition coefficient (Wildman–Crippen LogP) is 0.943. The molecule has 0 fully saturated rings. The highest BCUT2D eigenvalue weighted by atomic mass is 32.2. The second-order valence-corrected chi connectivity index (χ2v) is 7.19. The molecule has 0 aliphatic heterocycles. The predicted molar refractivity (Wildman–Crippen MR) is 99.4 cm³/mol. The Bertz CT molecular complexity index is 832. The van der Waals surface area contributed by atoms with E-state index in [9.17, 15) is 13.2 Å². The number of hydrogen-bond donors (Lipinski definition) is 2. The Morgan fingerprint density at radius 3 is 2.27 bits per heavy atom. The third-order valence-electron chi connectivity index (χ3n) is 3.91. The largest absolute Gasteiger partial charge is 0.356 e. The maximum atomic E-state index is 12.1. The molecular weight excluding hydrogens is 354 g/mol. The van der Waals surface area contributed by atoms with Crippen LogP contribution in [0.2, 0.25) is 0 Å². The Morgan fingerprint density at radius 2 is 1.77 bits per heavy atom. The fourth-order valence-electron chi connectivity index (χ4n) is 2.41. The Kier molecular flexibility index (Phi) is 6.64. The molecule has 0 atom stereocenters. The first-order chi connectivity index (χ1) is 12.3. The second kappa shape index (κ2) is 8.72. The van der Waals surface area contributed by atoms with Crippen LogP contribution in [0.15, 0.2) is 41.6 Å². The van der Waals surface area contributed by atoms with Crippen molar-refractivity contribution < 1.29 is 13.2 Å². The molecule has 0 unspecified atom stereocenters. The number of hydrogen-bond acceptors (Lipinski definition) is 6. The number of amides is 1. The SMILES string of the molecule is CCN(CC)c1cnc(C(=O)NCCc2ccc(S(N)(=O)=O)cc2)cn1. The molecule has 0 aliphatic carbocycles. The van der Waals surface area contributed by atoms with Gasteiger partial charge in [0.25, 0.3) is 5.91 Å². The van der Waals surface area contributed by atoms with Crippen molar-refractivity contribution in [2.45, 2.75) is 25.2 Å². The Morgan fingerprint density at radius 1 is 1.12 bits per heavy atom. The van der Waals surface area contributed by atoms with E-state index >= 15 is 0 Å². The quantitative estimate of drug-likeness (QED) is 0.707. The van der Waals surface area contributed by atoms with Gasteiger partial charge < -0.3 is 10.2 Å². The summed E-state index contributed by atoms with van der Waals surface area (Å²) in [5, 5.41) is 7.83. The third kappa shape index (κ3) is 5.24. The minimum absolute atomic E-state index is 0.0638. The van der Waals surface area contributed by atoms with Crippen molar-refractivity contribution in [3.63, 3.8) is 0 Å². The molecule has 0 bridgehead atoms. The lowest BCUT2D eigenvalue weighted by atomic mass is 10.1. The lowest BCUT2D eigenvalue weighted by molar-refractivity contribution is 0.0949. The van der Waals surface area contributed by atoms with E-state index in [4.69, 9.17) is 5.14 Å². The van der Waals surface area contributed by atoms with Crippen LogP contribution in [0.5, 0.6) is 0 Å². The van der Waals surface area contributed by atoms with E-state index in [0.717, 1.165) is 24.5 Å². The van der Waals surface area contributed by atoms with Gasteiger partial charge in [0.05, 0.1) is 17.3 Å². The number of anilines is 1. The number of nitrogens with one attached hydrogen (secondary N) is 1. The number of sulfonamides is 1. The zero-order chi connectivity index (χ0) is 19.2. The minimum Gasteiger partial charge on any atom is -0.356 e. The lowest BCUT2D eigenvalue weighted by Crippen LogP contribution is -2.27. The van der Waals surface area contributed by atoms with Gasteiger partial charge in [-0.1, -0.05) is 12.1 Å². The van der Waals surface area contributed by atoms with Crippen LogP contribution in [-0.2, 0) is 16.4 Å². The number of nitrogens with two attached hydrogens (primary N) is 1. The molecule has 1 amide bonds. The Hall–Kier alpha value is -2.52. The van der Waals surface area contributed by atoms with Gasteiger partial charge in [-0.25, -0.2) is 23.5 Å². The summed E-state index contributed by atoms with van der Waals surface area (Å²) in [5.74, 6) is 0.436. The number of nitrogens with zero attached hydrogens (tertiary/aromatic N) is 3. The van der Waals surface area contributed by atoms with Gasteiger partial charge in [-0.2, -0.15) is 0 Å². The average Bonchev–Trinajstić information content (AvgIpc) is 2.63.